The highest BCUT2D eigenvalue weighted by atomic mass is 16.5. The van der Waals surface area contributed by atoms with Gasteiger partial charge in [-0.3, -0.25) is 4.79 Å². The van der Waals surface area contributed by atoms with E-state index in [0.29, 0.717) is 0 Å². The summed E-state index contributed by atoms with van der Waals surface area (Å²) in [7, 11) is 0. The van der Waals surface area contributed by atoms with Crippen molar-refractivity contribution in [2.24, 2.45) is 11.3 Å². The van der Waals surface area contributed by atoms with Gasteiger partial charge in [-0.15, -0.1) is 0 Å². The van der Waals surface area contributed by atoms with E-state index in [1.54, 1.807) is 0 Å². The fraction of sp³-hybridized carbons (Fsp3) is 0.938. The molecule has 1 fully saturated rings. The Labute approximate surface area is 118 Å². The second kappa shape index (κ2) is 5.08. The van der Waals surface area contributed by atoms with Gasteiger partial charge in [0.15, 0.2) is 0 Å². The number of hydrogen-bond acceptors (Lipinski definition) is 3. The Morgan fingerprint density at radius 3 is 1.95 bits per heavy atom. The molecule has 0 aromatic heterocycles. The molecule has 1 saturated heterocycles. The molecule has 0 radical (unpaired) electrons. The standard InChI is InChI=1S/C16H31NO2/c1-11(14(2,3)4)13(18)19-12-9-15(5,6)17-16(7,8)10-12/h11-12,17H,9-10H2,1-8H3. The Bertz CT molecular complexity index is 323. The summed E-state index contributed by atoms with van der Waals surface area (Å²) in [5, 5.41) is 3.60. The van der Waals surface area contributed by atoms with Crippen LogP contribution in [0.4, 0.5) is 0 Å². The van der Waals surface area contributed by atoms with Crippen LogP contribution in [0.1, 0.15) is 68.2 Å². The Morgan fingerprint density at radius 1 is 1.16 bits per heavy atom. The quantitative estimate of drug-likeness (QED) is 0.779. The van der Waals surface area contributed by atoms with Gasteiger partial charge in [0.05, 0.1) is 5.92 Å². The van der Waals surface area contributed by atoms with Gasteiger partial charge in [0.2, 0.25) is 0 Å². The van der Waals surface area contributed by atoms with Crippen LogP contribution in [0.3, 0.4) is 0 Å². The molecule has 1 aliphatic rings. The number of piperidine rings is 1. The molecule has 0 amide bonds. The summed E-state index contributed by atoms with van der Waals surface area (Å²) in [5.41, 5.74) is -0.0234. The second-order valence-electron chi connectivity index (χ2n) is 8.45. The molecule has 1 aliphatic heterocycles. The van der Waals surface area contributed by atoms with Gasteiger partial charge in [-0.25, -0.2) is 0 Å². The minimum atomic E-state index is -0.0754. The zero-order valence-corrected chi connectivity index (χ0v) is 13.9. The lowest BCUT2D eigenvalue weighted by Crippen LogP contribution is -2.60. The van der Waals surface area contributed by atoms with Crippen LogP contribution in [0.5, 0.6) is 0 Å². The molecule has 0 aromatic carbocycles. The minimum absolute atomic E-state index is 0.0116. The Balaban J connectivity index is 2.69. The average molecular weight is 269 g/mol. The molecule has 1 N–H and O–H groups in total. The van der Waals surface area contributed by atoms with Crippen LogP contribution in [0.25, 0.3) is 0 Å². The van der Waals surface area contributed by atoms with Crippen molar-refractivity contribution in [3.05, 3.63) is 0 Å². The lowest BCUT2D eigenvalue weighted by Gasteiger charge is -2.46. The van der Waals surface area contributed by atoms with Crippen LogP contribution < -0.4 is 5.32 Å². The number of carbonyl (C=O) groups is 1. The maximum absolute atomic E-state index is 12.2. The zero-order chi connectivity index (χ0) is 15.1. The second-order valence-corrected chi connectivity index (χ2v) is 8.45. The first kappa shape index (κ1) is 16.5. The first-order valence-corrected chi connectivity index (χ1v) is 7.32. The van der Waals surface area contributed by atoms with Crippen LogP contribution in [-0.4, -0.2) is 23.2 Å². The van der Waals surface area contributed by atoms with E-state index in [-0.39, 0.29) is 34.5 Å². The van der Waals surface area contributed by atoms with Crippen molar-refractivity contribution in [3.8, 4) is 0 Å². The van der Waals surface area contributed by atoms with E-state index in [1.165, 1.54) is 0 Å². The fourth-order valence-electron chi connectivity index (χ4n) is 2.93. The third kappa shape index (κ3) is 4.79. The summed E-state index contributed by atoms with van der Waals surface area (Å²) >= 11 is 0. The van der Waals surface area contributed by atoms with Crippen molar-refractivity contribution in [1.29, 1.82) is 0 Å². The number of esters is 1. The van der Waals surface area contributed by atoms with Gasteiger partial charge in [0.25, 0.3) is 0 Å². The Morgan fingerprint density at radius 2 is 1.58 bits per heavy atom. The number of ether oxygens (including phenoxy) is 1. The van der Waals surface area contributed by atoms with E-state index >= 15 is 0 Å². The van der Waals surface area contributed by atoms with Gasteiger partial charge in [-0.2, -0.15) is 0 Å². The van der Waals surface area contributed by atoms with E-state index in [9.17, 15) is 4.79 Å². The van der Waals surface area contributed by atoms with E-state index in [4.69, 9.17) is 4.74 Å². The van der Waals surface area contributed by atoms with Crippen molar-refractivity contribution >= 4 is 5.97 Å². The summed E-state index contributed by atoms with van der Waals surface area (Å²) in [6, 6.07) is 0. The maximum Gasteiger partial charge on any atom is 0.309 e. The highest BCUT2D eigenvalue weighted by molar-refractivity contribution is 5.73. The predicted molar refractivity (Wildman–Crippen MR) is 79.0 cm³/mol. The van der Waals surface area contributed by atoms with Gasteiger partial charge in [0, 0.05) is 23.9 Å². The zero-order valence-electron chi connectivity index (χ0n) is 13.9. The summed E-state index contributed by atoms with van der Waals surface area (Å²) < 4.78 is 5.77. The van der Waals surface area contributed by atoms with Crippen molar-refractivity contribution in [3.63, 3.8) is 0 Å². The molecule has 0 aromatic rings. The van der Waals surface area contributed by atoms with Crippen molar-refractivity contribution in [1.82, 2.24) is 5.32 Å². The molecule has 0 saturated carbocycles. The Kier molecular flexibility index (Phi) is 4.41. The van der Waals surface area contributed by atoms with Crippen LogP contribution in [0.2, 0.25) is 0 Å². The van der Waals surface area contributed by atoms with Crippen molar-refractivity contribution in [2.45, 2.75) is 85.4 Å². The number of nitrogens with one attached hydrogen (secondary N) is 1. The van der Waals surface area contributed by atoms with E-state index in [2.05, 4.69) is 53.8 Å². The van der Waals surface area contributed by atoms with Gasteiger partial charge < -0.3 is 10.1 Å². The molecule has 1 heterocycles. The molecule has 1 unspecified atom stereocenters. The van der Waals surface area contributed by atoms with Crippen molar-refractivity contribution < 1.29 is 9.53 Å². The molecule has 112 valence electrons. The molecule has 1 atom stereocenters. The lowest BCUT2D eigenvalue weighted by atomic mass is 9.80. The number of rotatable bonds is 2. The minimum Gasteiger partial charge on any atom is -0.462 e. The molecular weight excluding hydrogens is 238 g/mol. The van der Waals surface area contributed by atoms with Gasteiger partial charge in [-0.05, 0) is 33.1 Å². The molecule has 1 rings (SSSR count). The van der Waals surface area contributed by atoms with Crippen LogP contribution >= 0.6 is 0 Å². The lowest BCUT2D eigenvalue weighted by molar-refractivity contribution is -0.161. The number of hydrogen-bond donors (Lipinski definition) is 1. The van der Waals surface area contributed by atoms with Gasteiger partial charge in [-0.1, -0.05) is 27.7 Å². The van der Waals surface area contributed by atoms with Gasteiger partial charge >= 0.3 is 5.97 Å². The van der Waals surface area contributed by atoms with Crippen LogP contribution in [-0.2, 0) is 9.53 Å². The fourth-order valence-corrected chi connectivity index (χ4v) is 2.93. The van der Waals surface area contributed by atoms with Crippen LogP contribution in [0, 0.1) is 11.3 Å². The van der Waals surface area contributed by atoms with E-state index < -0.39 is 0 Å². The van der Waals surface area contributed by atoms with Crippen LogP contribution in [0.15, 0.2) is 0 Å². The maximum atomic E-state index is 12.2. The SMILES string of the molecule is CC(C(=O)OC1CC(C)(C)NC(C)(C)C1)C(C)(C)C. The molecule has 0 bridgehead atoms. The Hall–Kier alpha value is -0.570. The predicted octanol–water partition coefficient (Wildman–Crippen LogP) is 3.52. The third-order valence-corrected chi connectivity index (χ3v) is 4.09. The topological polar surface area (TPSA) is 38.3 Å². The summed E-state index contributed by atoms with van der Waals surface area (Å²) in [6.45, 7) is 16.9. The average Bonchev–Trinajstić information content (AvgIpc) is 2.09. The number of carbonyl (C=O) groups excluding carboxylic acids is 1. The highest BCUT2D eigenvalue weighted by Crippen LogP contribution is 2.32. The summed E-state index contributed by atoms with van der Waals surface area (Å²) in [6.07, 6.45) is 1.77. The molecule has 0 spiro atoms. The highest BCUT2D eigenvalue weighted by Gasteiger charge is 2.40. The largest absolute Gasteiger partial charge is 0.462 e. The summed E-state index contributed by atoms with van der Waals surface area (Å²) in [4.78, 5) is 12.2. The first-order valence-electron chi connectivity index (χ1n) is 7.32. The van der Waals surface area contributed by atoms with E-state index in [0.717, 1.165) is 12.8 Å². The molecule has 0 aliphatic carbocycles. The van der Waals surface area contributed by atoms with E-state index in [1.807, 2.05) is 6.92 Å². The molecule has 3 nitrogen and oxygen atoms in total. The normalized spacial score (nSPS) is 24.8. The van der Waals surface area contributed by atoms with Gasteiger partial charge in [0.1, 0.15) is 6.10 Å². The molecular formula is C16H31NO2. The first-order chi connectivity index (χ1) is 8.32. The van der Waals surface area contributed by atoms with Crippen molar-refractivity contribution in [2.75, 3.05) is 0 Å². The molecule has 19 heavy (non-hydrogen) atoms. The summed E-state index contributed by atoms with van der Waals surface area (Å²) in [5.74, 6) is -0.139. The monoisotopic (exact) mass is 269 g/mol. The smallest absolute Gasteiger partial charge is 0.309 e. The third-order valence-electron chi connectivity index (χ3n) is 4.09. The molecule has 3 heteroatoms.